The molecule has 0 unspecified atom stereocenters. The molecular formula is C19H24ClN5O. The van der Waals surface area contributed by atoms with Crippen LogP contribution in [0.4, 0.5) is 11.8 Å². The van der Waals surface area contributed by atoms with Gasteiger partial charge in [-0.2, -0.15) is 4.98 Å². The average Bonchev–Trinajstić information content (AvgIpc) is 3.15. The molecule has 138 valence electrons. The Morgan fingerprint density at radius 3 is 2.62 bits per heavy atom. The second-order valence-corrected chi connectivity index (χ2v) is 6.90. The highest BCUT2D eigenvalue weighted by molar-refractivity contribution is 6.30. The summed E-state index contributed by atoms with van der Waals surface area (Å²) in [4.78, 5) is 23.3. The molecule has 2 aromatic rings. The first kappa shape index (κ1) is 18.5. The van der Waals surface area contributed by atoms with E-state index in [9.17, 15) is 4.79 Å². The van der Waals surface area contributed by atoms with Crippen LogP contribution in [0.25, 0.3) is 0 Å². The fourth-order valence-corrected chi connectivity index (χ4v) is 3.09. The SMILES string of the molecule is Cc1cc(N2CCCC2)nc(NCCNC(=O)Cc2ccc(Cl)cc2)n1. The molecule has 0 atom stereocenters. The number of carbonyl (C=O) groups excluding carboxylic acids is 1. The molecule has 1 aromatic heterocycles. The fourth-order valence-electron chi connectivity index (χ4n) is 2.97. The number of rotatable bonds is 7. The summed E-state index contributed by atoms with van der Waals surface area (Å²) in [6.45, 7) is 5.17. The lowest BCUT2D eigenvalue weighted by atomic mass is 10.1. The first-order valence-corrected chi connectivity index (χ1v) is 9.33. The molecule has 1 aliphatic heterocycles. The molecule has 2 heterocycles. The Morgan fingerprint density at radius 1 is 1.15 bits per heavy atom. The minimum absolute atomic E-state index is 0.0166. The third kappa shape index (κ3) is 5.33. The van der Waals surface area contributed by atoms with Crippen LogP contribution in [0, 0.1) is 6.92 Å². The molecule has 0 aliphatic carbocycles. The third-order valence-electron chi connectivity index (χ3n) is 4.28. The van der Waals surface area contributed by atoms with E-state index >= 15 is 0 Å². The van der Waals surface area contributed by atoms with Crippen LogP contribution >= 0.6 is 11.6 Å². The highest BCUT2D eigenvalue weighted by Gasteiger charge is 2.15. The van der Waals surface area contributed by atoms with Crippen LogP contribution in [-0.4, -0.2) is 42.1 Å². The number of nitrogens with zero attached hydrogens (tertiary/aromatic N) is 3. The summed E-state index contributed by atoms with van der Waals surface area (Å²) >= 11 is 5.85. The van der Waals surface area contributed by atoms with Crippen molar-refractivity contribution in [1.29, 1.82) is 0 Å². The Balaban J connectivity index is 1.44. The normalized spacial score (nSPS) is 13.7. The second kappa shape index (κ2) is 8.85. The van der Waals surface area contributed by atoms with Crippen LogP contribution < -0.4 is 15.5 Å². The van der Waals surface area contributed by atoms with E-state index in [0.29, 0.717) is 30.5 Å². The topological polar surface area (TPSA) is 70.2 Å². The van der Waals surface area contributed by atoms with E-state index in [1.807, 2.05) is 25.1 Å². The minimum atomic E-state index is -0.0166. The highest BCUT2D eigenvalue weighted by Crippen LogP contribution is 2.19. The molecule has 1 aliphatic rings. The van der Waals surface area contributed by atoms with Gasteiger partial charge < -0.3 is 15.5 Å². The number of anilines is 2. The van der Waals surface area contributed by atoms with Crippen LogP contribution in [0.15, 0.2) is 30.3 Å². The lowest BCUT2D eigenvalue weighted by Gasteiger charge is -2.17. The largest absolute Gasteiger partial charge is 0.356 e. The van der Waals surface area contributed by atoms with Crippen molar-refractivity contribution in [2.75, 3.05) is 36.4 Å². The number of carbonyl (C=O) groups is 1. The number of aryl methyl sites for hydroxylation is 1. The Labute approximate surface area is 159 Å². The van der Waals surface area contributed by atoms with E-state index < -0.39 is 0 Å². The standard InChI is InChI=1S/C19H24ClN5O/c1-14-12-17(25-10-2-3-11-25)24-19(23-14)22-9-8-21-18(26)13-15-4-6-16(20)7-5-15/h4-7,12H,2-3,8-11,13H2,1H3,(H,21,26)(H,22,23,24). The number of hydrogen-bond donors (Lipinski definition) is 2. The van der Waals surface area contributed by atoms with Gasteiger partial charge in [-0.05, 0) is 37.5 Å². The maximum Gasteiger partial charge on any atom is 0.224 e. The van der Waals surface area contributed by atoms with Gasteiger partial charge in [-0.1, -0.05) is 23.7 Å². The molecule has 3 rings (SSSR count). The van der Waals surface area contributed by atoms with Gasteiger partial charge in [-0.25, -0.2) is 4.98 Å². The molecule has 0 saturated carbocycles. The molecule has 1 aromatic carbocycles. The van der Waals surface area contributed by atoms with E-state index in [1.54, 1.807) is 12.1 Å². The molecule has 2 N–H and O–H groups in total. The van der Waals surface area contributed by atoms with Gasteiger partial charge in [0, 0.05) is 43.0 Å². The van der Waals surface area contributed by atoms with Crippen molar-refractivity contribution in [1.82, 2.24) is 15.3 Å². The van der Waals surface area contributed by atoms with Crippen LogP contribution in [0.5, 0.6) is 0 Å². The fraction of sp³-hybridized carbons (Fsp3) is 0.421. The van der Waals surface area contributed by atoms with Crippen molar-refractivity contribution >= 4 is 29.3 Å². The zero-order chi connectivity index (χ0) is 18.4. The van der Waals surface area contributed by atoms with Crippen LogP contribution in [0.1, 0.15) is 24.1 Å². The van der Waals surface area contributed by atoms with E-state index in [1.165, 1.54) is 12.8 Å². The number of benzene rings is 1. The van der Waals surface area contributed by atoms with E-state index in [0.717, 1.165) is 30.2 Å². The van der Waals surface area contributed by atoms with Gasteiger partial charge in [0.1, 0.15) is 5.82 Å². The average molecular weight is 374 g/mol. The Morgan fingerprint density at radius 2 is 1.88 bits per heavy atom. The molecule has 1 amide bonds. The van der Waals surface area contributed by atoms with Crippen LogP contribution in [0.3, 0.4) is 0 Å². The highest BCUT2D eigenvalue weighted by atomic mass is 35.5. The zero-order valence-electron chi connectivity index (χ0n) is 15.0. The van der Waals surface area contributed by atoms with Crippen molar-refractivity contribution in [2.45, 2.75) is 26.2 Å². The molecular weight excluding hydrogens is 350 g/mol. The van der Waals surface area contributed by atoms with Crippen LogP contribution in [-0.2, 0) is 11.2 Å². The maximum absolute atomic E-state index is 12.0. The van der Waals surface area contributed by atoms with Crippen molar-refractivity contribution in [3.63, 3.8) is 0 Å². The summed E-state index contributed by atoms with van der Waals surface area (Å²) < 4.78 is 0. The summed E-state index contributed by atoms with van der Waals surface area (Å²) in [5, 5.41) is 6.77. The quantitative estimate of drug-likeness (QED) is 0.730. The maximum atomic E-state index is 12.0. The summed E-state index contributed by atoms with van der Waals surface area (Å²) in [5.41, 5.74) is 1.88. The molecule has 26 heavy (non-hydrogen) atoms. The van der Waals surface area contributed by atoms with E-state index in [-0.39, 0.29) is 5.91 Å². The lowest BCUT2D eigenvalue weighted by molar-refractivity contribution is -0.120. The molecule has 1 fully saturated rings. The predicted octanol–water partition coefficient (Wildman–Crippen LogP) is 2.81. The van der Waals surface area contributed by atoms with Crippen molar-refractivity contribution in [2.24, 2.45) is 0 Å². The first-order chi connectivity index (χ1) is 12.6. The van der Waals surface area contributed by atoms with Crippen LogP contribution in [0.2, 0.25) is 5.02 Å². The number of aromatic nitrogens is 2. The molecule has 7 heteroatoms. The zero-order valence-corrected chi connectivity index (χ0v) is 15.7. The van der Waals surface area contributed by atoms with Crippen molar-refractivity contribution in [3.8, 4) is 0 Å². The number of halogens is 1. The molecule has 0 radical (unpaired) electrons. The van der Waals surface area contributed by atoms with Gasteiger partial charge in [0.2, 0.25) is 11.9 Å². The summed E-state index contributed by atoms with van der Waals surface area (Å²) in [7, 11) is 0. The van der Waals surface area contributed by atoms with Gasteiger partial charge in [0.25, 0.3) is 0 Å². The second-order valence-electron chi connectivity index (χ2n) is 6.47. The number of nitrogens with one attached hydrogen (secondary N) is 2. The van der Waals surface area contributed by atoms with E-state index in [2.05, 4.69) is 25.5 Å². The van der Waals surface area contributed by atoms with Crippen molar-refractivity contribution in [3.05, 3.63) is 46.6 Å². The number of hydrogen-bond acceptors (Lipinski definition) is 5. The van der Waals surface area contributed by atoms with Gasteiger partial charge >= 0.3 is 0 Å². The lowest BCUT2D eigenvalue weighted by Crippen LogP contribution is -2.30. The minimum Gasteiger partial charge on any atom is -0.356 e. The summed E-state index contributed by atoms with van der Waals surface area (Å²) in [6.07, 6.45) is 2.77. The summed E-state index contributed by atoms with van der Waals surface area (Å²) in [5.74, 6) is 1.57. The Hall–Kier alpha value is -2.34. The third-order valence-corrected chi connectivity index (χ3v) is 4.53. The number of amides is 1. The Kier molecular flexibility index (Phi) is 6.28. The smallest absolute Gasteiger partial charge is 0.224 e. The monoisotopic (exact) mass is 373 g/mol. The molecule has 0 spiro atoms. The molecule has 6 nitrogen and oxygen atoms in total. The van der Waals surface area contributed by atoms with Crippen molar-refractivity contribution < 1.29 is 4.79 Å². The molecule has 1 saturated heterocycles. The Bertz CT molecular complexity index is 744. The van der Waals surface area contributed by atoms with Gasteiger partial charge in [-0.15, -0.1) is 0 Å². The summed E-state index contributed by atoms with van der Waals surface area (Å²) in [6, 6.07) is 9.32. The first-order valence-electron chi connectivity index (χ1n) is 8.96. The van der Waals surface area contributed by atoms with Gasteiger partial charge in [-0.3, -0.25) is 4.79 Å². The van der Waals surface area contributed by atoms with Gasteiger partial charge in [0.15, 0.2) is 0 Å². The van der Waals surface area contributed by atoms with Gasteiger partial charge in [0.05, 0.1) is 6.42 Å². The predicted molar refractivity (Wildman–Crippen MR) is 105 cm³/mol. The molecule has 0 bridgehead atoms. The van der Waals surface area contributed by atoms with E-state index in [4.69, 9.17) is 11.6 Å².